The molecule has 0 bridgehead atoms. The van der Waals surface area contributed by atoms with Crippen molar-refractivity contribution in [3.8, 4) is 0 Å². The molecule has 1 aromatic heterocycles. The van der Waals surface area contributed by atoms with Crippen LogP contribution in [-0.2, 0) is 12.2 Å². The number of nitrogens with zero attached hydrogens (tertiary/aromatic N) is 2. The van der Waals surface area contributed by atoms with E-state index in [1.54, 1.807) is 17.8 Å². The first-order valence-electron chi connectivity index (χ1n) is 5.81. The summed E-state index contributed by atoms with van der Waals surface area (Å²) in [6, 6.07) is 7.46. The van der Waals surface area contributed by atoms with Crippen LogP contribution >= 0.6 is 11.8 Å². The molecule has 0 aliphatic rings. The molecule has 0 saturated carbocycles. The van der Waals surface area contributed by atoms with Crippen molar-refractivity contribution >= 4 is 18.0 Å². The molecule has 5 heteroatoms. The predicted octanol–water partition coefficient (Wildman–Crippen LogP) is 3.13. The van der Waals surface area contributed by atoms with Crippen molar-refractivity contribution in [3.05, 3.63) is 41.5 Å². The molecule has 0 N–H and O–H groups in total. The number of aldehydes is 1. The van der Waals surface area contributed by atoms with Crippen molar-refractivity contribution < 1.29 is 9.32 Å². The van der Waals surface area contributed by atoms with E-state index in [2.05, 4.69) is 17.1 Å². The fourth-order valence-electron chi connectivity index (χ4n) is 1.49. The summed E-state index contributed by atoms with van der Waals surface area (Å²) in [4.78, 5) is 16.0. The van der Waals surface area contributed by atoms with Crippen molar-refractivity contribution in [2.45, 2.75) is 30.4 Å². The third-order valence-corrected chi connectivity index (χ3v) is 3.33. The SMILES string of the molecule is CCCc1nc(CSc2cccc(C=O)c2)no1. The minimum atomic E-state index is 0.648. The average Bonchev–Trinajstić information content (AvgIpc) is 2.85. The summed E-state index contributed by atoms with van der Waals surface area (Å²) in [6.07, 6.45) is 2.66. The van der Waals surface area contributed by atoms with Crippen molar-refractivity contribution in [1.29, 1.82) is 0 Å². The van der Waals surface area contributed by atoms with Crippen LogP contribution in [0.1, 0.15) is 35.4 Å². The number of thioether (sulfide) groups is 1. The van der Waals surface area contributed by atoms with E-state index >= 15 is 0 Å². The molecule has 2 aromatic rings. The van der Waals surface area contributed by atoms with Gasteiger partial charge in [-0.25, -0.2) is 0 Å². The van der Waals surface area contributed by atoms with Crippen LogP contribution in [0.15, 0.2) is 33.7 Å². The van der Waals surface area contributed by atoms with Crippen LogP contribution in [0.25, 0.3) is 0 Å². The summed E-state index contributed by atoms with van der Waals surface area (Å²) in [5.41, 5.74) is 0.680. The molecular formula is C13H14N2O2S. The quantitative estimate of drug-likeness (QED) is 0.591. The van der Waals surface area contributed by atoms with Gasteiger partial charge in [0.15, 0.2) is 5.82 Å². The minimum absolute atomic E-state index is 0.648. The van der Waals surface area contributed by atoms with Crippen LogP contribution in [-0.4, -0.2) is 16.4 Å². The van der Waals surface area contributed by atoms with E-state index in [0.717, 1.165) is 24.0 Å². The zero-order chi connectivity index (χ0) is 12.8. The summed E-state index contributed by atoms with van der Waals surface area (Å²) in [5.74, 6) is 2.03. The first-order chi connectivity index (χ1) is 8.81. The Labute approximate surface area is 110 Å². The van der Waals surface area contributed by atoms with Crippen LogP contribution in [0.3, 0.4) is 0 Å². The molecule has 1 aromatic carbocycles. The molecule has 0 fully saturated rings. The van der Waals surface area contributed by atoms with Gasteiger partial charge in [0, 0.05) is 16.9 Å². The zero-order valence-electron chi connectivity index (χ0n) is 10.1. The van der Waals surface area contributed by atoms with Gasteiger partial charge in [-0.15, -0.1) is 11.8 Å². The van der Waals surface area contributed by atoms with E-state index in [0.29, 0.717) is 23.0 Å². The van der Waals surface area contributed by atoms with Crippen LogP contribution in [0, 0.1) is 0 Å². The van der Waals surface area contributed by atoms with Crippen molar-refractivity contribution in [2.75, 3.05) is 0 Å². The number of hydrogen-bond donors (Lipinski definition) is 0. The van der Waals surface area contributed by atoms with Gasteiger partial charge in [-0.2, -0.15) is 4.98 Å². The Morgan fingerprint density at radius 2 is 2.33 bits per heavy atom. The summed E-state index contributed by atoms with van der Waals surface area (Å²) >= 11 is 1.59. The molecule has 2 rings (SSSR count). The van der Waals surface area contributed by atoms with E-state index in [1.807, 2.05) is 18.2 Å². The number of carbonyl (C=O) groups is 1. The maximum Gasteiger partial charge on any atom is 0.226 e. The first-order valence-corrected chi connectivity index (χ1v) is 6.80. The fourth-order valence-corrected chi connectivity index (χ4v) is 2.30. The Bertz CT molecular complexity index is 525. The average molecular weight is 262 g/mol. The smallest absolute Gasteiger partial charge is 0.226 e. The Hall–Kier alpha value is -1.62. The molecule has 18 heavy (non-hydrogen) atoms. The maximum absolute atomic E-state index is 10.7. The lowest BCUT2D eigenvalue weighted by atomic mass is 10.2. The molecule has 4 nitrogen and oxygen atoms in total. The van der Waals surface area contributed by atoms with Gasteiger partial charge in [-0.1, -0.05) is 24.2 Å². The lowest BCUT2D eigenvalue weighted by molar-refractivity contribution is 0.112. The Balaban J connectivity index is 1.95. The van der Waals surface area contributed by atoms with Crippen LogP contribution in [0.2, 0.25) is 0 Å². The number of benzene rings is 1. The fraction of sp³-hybridized carbons (Fsp3) is 0.308. The van der Waals surface area contributed by atoms with Gasteiger partial charge in [0.05, 0.1) is 5.75 Å². The van der Waals surface area contributed by atoms with Gasteiger partial charge in [0.1, 0.15) is 6.29 Å². The largest absolute Gasteiger partial charge is 0.339 e. The third kappa shape index (κ3) is 3.43. The van der Waals surface area contributed by atoms with E-state index in [-0.39, 0.29) is 0 Å². The second-order valence-corrected chi connectivity index (χ2v) is 4.88. The molecule has 0 radical (unpaired) electrons. The second-order valence-electron chi connectivity index (χ2n) is 3.83. The highest BCUT2D eigenvalue weighted by Crippen LogP contribution is 2.22. The first kappa shape index (κ1) is 12.8. The van der Waals surface area contributed by atoms with Crippen molar-refractivity contribution in [3.63, 3.8) is 0 Å². The van der Waals surface area contributed by atoms with Crippen LogP contribution < -0.4 is 0 Å². The number of aromatic nitrogens is 2. The molecule has 0 atom stereocenters. The summed E-state index contributed by atoms with van der Waals surface area (Å²) in [6.45, 7) is 2.07. The Morgan fingerprint density at radius 1 is 1.44 bits per heavy atom. The molecule has 0 amide bonds. The van der Waals surface area contributed by atoms with Crippen LogP contribution in [0.5, 0.6) is 0 Å². The third-order valence-electron chi connectivity index (χ3n) is 2.34. The summed E-state index contributed by atoms with van der Waals surface area (Å²) in [5, 5.41) is 3.92. The van der Waals surface area contributed by atoms with Crippen molar-refractivity contribution in [2.24, 2.45) is 0 Å². The molecule has 0 unspecified atom stereocenters. The Morgan fingerprint density at radius 3 is 3.11 bits per heavy atom. The zero-order valence-corrected chi connectivity index (χ0v) is 10.9. The number of aryl methyl sites for hydroxylation is 1. The van der Waals surface area contributed by atoms with Crippen molar-refractivity contribution in [1.82, 2.24) is 10.1 Å². The molecule has 1 heterocycles. The highest BCUT2D eigenvalue weighted by molar-refractivity contribution is 7.98. The number of carbonyl (C=O) groups excluding carboxylic acids is 1. The van der Waals surface area contributed by atoms with E-state index < -0.39 is 0 Å². The van der Waals surface area contributed by atoms with Gasteiger partial charge in [0.2, 0.25) is 5.89 Å². The monoisotopic (exact) mass is 262 g/mol. The second kappa shape index (κ2) is 6.35. The van der Waals surface area contributed by atoms with E-state index in [4.69, 9.17) is 4.52 Å². The molecule has 0 saturated heterocycles. The molecule has 0 aliphatic carbocycles. The lowest BCUT2D eigenvalue weighted by Crippen LogP contribution is -1.87. The van der Waals surface area contributed by atoms with Gasteiger partial charge in [-0.05, 0) is 18.6 Å². The summed E-state index contributed by atoms with van der Waals surface area (Å²) < 4.78 is 5.11. The van der Waals surface area contributed by atoms with Crippen LogP contribution in [0.4, 0.5) is 0 Å². The molecular weight excluding hydrogens is 248 g/mol. The van der Waals surface area contributed by atoms with Gasteiger partial charge in [-0.3, -0.25) is 4.79 Å². The topological polar surface area (TPSA) is 56.0 Å². The predicted molar refractivity (Wildman–Crippen MR) is 69.7 cm³/mol. The summed E-state index contributed by atoms with van der Waals surface area (Å²) in [7, 11) is 0. The number of hydrogen-bond acceptors (Lipinski definition) is 5. The molecule has 0 spiro atoms. The van der Waals surface area contributed by atoms with Gasteiger partial charge in [0.25, 0.3) is 0 Å². The minimum Gasteiger partial charge on any atom is -0.339 e. The van der Waals surface area contributed by atoms with Gasteiger partial charge < -0.3 is 4.52 Å². The maximum atomic E-state index is 10.7. The van der Waals surface area contributed by atoms with E-state index in [1.165, 1.54) is 0 Å². The Kier molecular flexibility index (Phi) is 4.52. The molecule has 94 valence electrons. The highest BCUT2D eigenvalue weighted by atomic mass is 32.2. The standard InChI is InChI=1S/C13H14N2O2S/c1-2-4-13-14-12(15-17-13)9-18-11-6-3-5-10(7-11)8-16/h3,5-8H,2,4,9H2,1H3. The number of rotatable bonds is 6. The van der Waals surface area contributed by atoms with E-state index in [9.17, 15) is 4.79 Å². The lowest BCUT2D eigenvalue weighted by Gasteiger charge is -1.98. The highest BCUT2D eigenvalue weighted by Gasteiger charge is 2.06. The molecule has 0 aliphatic heterocycles. The van der Waals surface area contributed by atoms with Gasteiger partial charge >= 0.3 is 0 Å². The normalized spacial score (nSPS) is 10.5.